The summed E-state index contributed by atoms with van der Waals surface area (Å²) in [5.74, 6) is 0.427. The predicted octanol–water partition coefficient (Wildman–Crippen LogP) is 3.80. The Balaban J connectivity index is 1.48. The van der Waals surface area contributed by atoms with Crippen LogP contribution in [0.25, 0.3) is 0 Å². The highest BCUT2D eigenvalue weighted by molar-refractivity contribution is 6.06. The van der Waals surface area contributed by atoms with E-state index in [0.29, 0.717) is 29.3 Å². The molecular formula is C28H38N4O3. The number of hydrogen-bond donors (Lipinski definition) is 2. The van der Waals surface area contributed by atoms with Crippen molar-refractivity contribution in [1.29, 1.82) is 0 Å². The van der Waals surface area contributed by atoms with E-state index in [2.05, 4.69) is 34.3 Å². The van der Waals surface area contributed by atoms with Crippen LogP contribution in [-0.2, 0) is 11.2 Å². The third-order valence-corrected chi connectivity index (χ3v) is 7.07. The van der Waals surface area contributed by atoms with Crippen molar-refractivity contribution in [3.63, 3.8) is 0 Å². The van der Waals surface area contributed by atoms with Crippen LogP contribution in [0.1, 0.15) is 53.0 Å². The third-order valence-electron chi connectivity index (χ3n) is 7.07. The molecular weight excluding hydrogens is 440 g/mol. The minimum atomic E-state index is -0.175. The molecule has 2 amide bonds. The van der Waals surface area contributed by atoms with Crippen LogP contribution >= 0.6 is 0 Å². The maximum absolute atomic E-state index is 13.3. The standard InChI is InChI=1S/C28H38N4O3/c1-3-22-4-6-23(7-5-22)27(33)30-24-8-9-26(32-13-10-21(2)11-14-32)25(20-24)28(34)29-12-15-31-16-18-35-19-17-31/h4-9,20-21H,3,10-19H2,1-2H3,(H,29,34)(H,30,33). The molecule has 2 aliphatic rings. The lowest BCUT2D eigenvalue weighted by Gasteiger charge is -2.33. The van der Waals surface area contributed by atoms with Crippen molar-refractivity contribution >= 4 is 23.2 Å². The van der Waals surface area contributed by atoms with E-state index in [0.717, 1.165) is 70.9 Å². The van der Waals surface area contributed by atoms with Gasteiger partial charge in [0.1, 0.15) is 0 Å². The molecule has 0 aliphatic carbocycles. The number of carbonyl (C=O) groups is 2. The van der Waals surface area contributed by atoms with Crippen molar-refractivity contribution in [1.82, 2.24) is 10.2 Å². The molecule has 0 aromatic heterocycles. The Labute approximate surface area is 208 Å². The van der Waals surface area contributed by atoms with E-state index >= 15 is 0 Å². The van der Waals surface area contributed by atoms with Gasteiger partial charge in [0.2, 0.25) is 0 Å². The second-order valence-electron chi connectivity index (χ2n) is 9.62. The average Bonchev–Trinajstić information content (AvgIpc) is 2.90. The summed E-state index contributed by atoms with van der Waals surface area (Å²) in [4.78, 5) is 30.7. The van der Waals surface area contributed by atoms with Crippen LogP contribution in [0.2, 0.25) is 0 Å². The molecule has 7 heteroatoms. The summed E-state index contributed by atoms with van der Waals surface area (Å²) in [5, 5.41) is 6.08. The zero-order valence-corrected chi connectivity index (χ0v) is 21.0. The van der Waals surface area contributed by atoms with Crippen LogP contribution < -0.4 is 15.5 Å². The molecule has 0 radical (unpaired) electrons. The Kier molecular flexibility index (Phi) is 8.77. The number of anilines is 2. The fourth-order valence-corrected chi connectivity index (χ4v) is 4.66. The molecule has 2 fully saturated rings. The van der Waals surface area contributed by atoms with E-state index in [9.17, 15) is 9.59 Å². The van der Waals surface area contributed by atoms with E-state index < -0.39 is 0 Å². The van der Waals surface area contributed by atoms with Gasteiger partial charge in [-0.1, -0.05) is 26.0 Å². The number of morpholine rings is 1. The molecule has 0 bridgehead atoms. The number of ether oxygens (including phenoxy) is 1. The minimum Gasteiger partial charge on any atom is -0.379 e. The number of nitrogens with one attached hydrogen (secondary N) is 2. The largest absolute Gasteiger partial charge is 0.379 e. The van der Waals surface area contributed by atoms with Crippen LogP contribution in [0, 0.1) is 5.92 Å². The lowest BCUT2D eigenvalue weighted by molar-refractivity contribution is 0.0383. The summed E-state index contributed by atoms with van der Waals surface area (Å²) in [6.07, 6.45) is 3.16. The van der Waals surface area contributed by atoms with Crippen molar-refractivity contribution in [2.45, 2.75) is 33.1 Å². The molecule has 2 aromatic rings. The van der Waals surface area contributed by atoms with Gasteiger partial charge in [-0.15, -0.1) is 0 Å². The molecule has 4 rings (SSSR count). The fraction of sp³-hybridized carbons (Fsp3) is 0.500. The molecule has 0 atom stereocenters. The molecule has 2 aliphatic heterocycles. The topological polar surface area (TPSA) is 73.9 Å². The molecule has 2 N–H and O–H groups in total. The van der Waals surface area contributed by atoms with E-state index in [1.165, 1.54) is 5.56 Å². The number of carbonyl (C=O) groups excluding carboxylic acids is 2. The van der Waals surface area contributed by atoms with Gasteiger partial charge in [-0.3, -0.25) is 14.5 Å². The Morgan fingerprint density at radius 2 is 1.69 bits per heavy atom. The Hall–Kier alpha value is -2.90. The Morgan fingerprint density at radius 3 is 2.37 bits per heavy atom. The highest BCUT2D eigenvalue weighted by Crippen LogP contribution is 2.29. The fourth-order valence-electron chi connectivity index (χ4n) is 4.66. The van der Waals surface area contributed by atoms with Gasteiger partial charge in [0.05, 0.1) is 18.8 Å². The molecule has 188 valence electrons. The second-order valence-corrected chi connectivity index (χ2v) is 9.62. The summed E-state index contributed by atoms with van der Waals surface area (Å²) in [6.45, 7) is 10.9. The summed E-state index contributed by atoms with van der Waals surface area (Å²) < 4.78 is 5.41. The number of nitrogens with zero attached hydrogens (tertiary/aromatic N) is 2. The smallest absolute Gasteiger partial charge is 0.255 e. The zero-order chi connectivity index (χ0) is 24.6. The number of hydrogen-bond acceptors (Lipinski definition) is 5. The van der Waals surface area contributed by atoms with Gasteiger partial charge in [-0.2, -0.15) is 0 Å². The third kappa shape index (κ3) is 6.83. The molecule has 0 saturated carbocycles. The Morgan fingerprint density at radius 1 is 0.971 bits per heavy atom. The van der Waals surface area contributed by atoms with Gasteiger partial charge in [0, 0.05) is 56.2 Å². The highest BCUT2D eigenvalue weighted by atomic mass is 16.5. The first-order chi connectivity index (χ1) is 17.0. The van der Waals surface area contributed by atoms with Crippen molar-refractivity contribution in [2.75, 3.05) is 62.7 Å². The minimum absolute atomic E-state index is 0.102. The maximum atomic E-state index is 13.3. The van der Waals surface area contributed by atoms with Crippen LogP contribution in [0.4, 0.5) is 11.4 Å². The number of piperidine rings is 1. The van der Waals surface area contributed by atoms with E-state index in [-0.39, 0.29) is 11.8 Å². The lowest BCUT2D eigenvalue weighted by atomic mass is 9.97. The summed E-state index contributed by atoms with van der Waals surface area (Å²) in [6, 6.07) is 13.3. The zero-order valence-electron chi connectivity index (χ0n) is 21.0. The molecule has 2 saturated heterocycles. The van der Waals surface area contributed by atoms with Crippen molar-refractivity contribution in [2.24, 2.45) is 5.92 Å². The molecule has 2 aromatic carbocycles. The van der Waals surface area contributed by atoms with Gasteiger partial charge in [-0.25, -0.2) is 0 Å². The van der Waals surface area contributed by atoms with Crippen LogP contribution in [0.15, 0.2) is 42.5 Å². The van der Waals surface area contributed by atoms with Crippen LogP contribution in [-0.4, -0.2) is 69.2 Å². The summed E-state index contributed by atoms with van der Waals surface area (Å²) in [5.41, 5.74) is 3.97. The lowest BCUT2D eigenvalue weighted by Crippen LogP contribution is -2.41. The normalized spacial score (nSPS) is 17.3. The average molecular weight is 479 g/mol. The number of rotatable bonds is 8. The molecule has 0 unspecified atom stereocenters. The molecule has 0 spiro atoms. The van der Waals surface area contributed by atoms with Gasteiger partial charge in [0.15, 0.2) is 0 Å². The van der Waals surface area contributed by atoms with Gasteiger partial charge < -0.3 is 20.3 Å². The van der Waals surface area contributed by atoms with Crippen molar-refractivity contribution < 1.29 is 14.3 Å². The highest BCUT2D eigenvalue weighted by Gasteiger charge is 2.22. The van der Waals surface area contributed by atoms with Crippen LogP contribution in [0.3, 0.4) is 0 Å². The van der Waals surface area contributed by atoms with Gasteiger partial charge >= 0.3 is 0 Å². The van der Waals surface area contributed by atoms with Crippen molar-refractivity contribution in [3.05, 3.63) is 59.2 Å². The van der Waals surface area contributed by atoms with Crippen molar-refractivity contribution in [3.8, 4) is 0 Å². The predicted molar refractivity (Wildman–Crippen MR) is 140 cm³/mol. The van der Waals surface area contributed by atoms with Gasteiger partial charge in [-0.05, 0) is 61.1 Å². The number of benzene rings is 2. The first kappa shape index (κ1) is 25.2. The second kappa shape index (κ2) is 12.2. The molecule has 7 nitrogen and oxygen atoms in total. The van der Waals surface area contributed by atoms with E-state index in [1.807, 2.05) is 42.5 Å². The number of aryl methyl sites for hydroxylation is 1. The van der Waals surface area contributed by atoms with E-state index in [1.54, 1.807) is 0 Å². The maximum Gasteiger partial charge on any atom is 0.255 e. The quantitative estimate of drug-likeness (QED) is 0.604. The Bertz CT molecular complexity index is 994. The monoisotopic (exact) mass is 478 g/mol. The summed E-state index contributed by atoms with van der Waals surface area (Å²) in [7, 11) is 0. The molecule has 35 heavy (non-hydrogen) atoms. The van der Waals surface area contributed by atoms with Gasteiger partial charge in [0.25, 0.3) is 11.8 Å². The number of amides is 2. The SMILES string of the molecule is CCc1ccc(C(=O)Nc2ccc(N3CCC(C)CC3)c(C(=O)NCCN3CCOCC3)c2)cc1. The first-order valence-electron chi connectivity index (χ1n) is 12.9. The van der Waals surface area contributed by atoms with E-state index in [4.69, 9.17) is 4.74 Å². The molecule has 2 heterocycles. The van der Waals surface area contributed by atoms with Crippen LogP contribution in [0.5, 0.6) is 0 Å². The first-order valence-corrected chi connectivity index (χ1v) is 12.9. The summed E-state index contributed by atoms with van der Waals surface area (Å²) >= 11 is 0.